The summed E-state index contributed by atoms with van der Waals surface area (Å²) in [6.07, 6.45) is 0. The van der Waals surface area contributed by atoms with Gasteiger partial charge in [-0.05, 0) is 31.5 Å². The maximum absolute atomic E-state index is 4.56. The Morgan fingerprint density at radius 3 is 2.56 bits per heavy atom. The Bertz CT molecular complexity index is 526. The largest absolute Gasteiger partial charge is 0.310 e. The van der Waals surface area contributed by atoms with Crippen LogP contribution in [0.2, 0.25) is 0 Å². The molecule has 1 heterocycles. The van der Waals surface area contributed by atoms with Gasteiger partial charge in [-0.25, -0.2) is 4.68 Å². The Hall–Kier alpha value is -1.61. The van der Waals surface area contributed by atoms with Crippen LogP contribution in [0.25, 0.3) is 5.69 Å². The zero-order valence-electron chi connectivity index (χ0n) is 11.6. The molecule has 0 saturated heterocycles. The summed E-state index contributed by atoms with van der Waals surface area (Å²) < 4.78 is 2.02. The van der Waals surface area contributed by atoms with Crippen LogP contribution in [0.4, 0.5) is 0 Å². The van der Waals surface area contributed by atoms with Crippen LogP contribution in [0.3, 0.4) is 0 Å². The molecule has 96 valence electrons. The van der Waals surface area contributed by atoms with E-state index in [-0.39, 0.29) is 0 Å². The van der Waals surface area contributed by atoms with E-state index in [0.29, 0.717) is 6.04 Å². The molecule has 18 heavy (non-hydrogen) atoms. The molecule has 0 atom stereocenters. The first-order valence-electron chi connectivity index (χ1n) is 6.43. The van der Waals surface area contributed by atoms with Crippen molar-refractivity contribution >= 4 is 0 Å². The molecule has 0 aliphatic heterocycles. The van der Waals surface area contributed by atoms with E-state index >= 15 is 0 Å². The number of rotatable bonds is 4. The molecule has 0 unspecified atom stereocenters. The molecule has 1 aromatic heterocycles. The topological polar surface area (TPSA) is 29.9 Å². The van der Waals surface area contributed by atoms with Crippen molar-refractivity contribution in [3.05, 3.63) is 47.3 Å². The van der Waals surface area contributed by atoms with Gasteiger partial charge in [-0.1, -0.05) is 32.0 Å². The molecule has 3 nitrogen and oxygen atoms in total. The van der Waals surface area contributed by atoms with E-state index in [9.17, 15) is 0 Å². The average molecular weight is 243 g/mol. The second-order valence-electron chi connectivity index (χ2n) is 5.00. The maximum Gasteiger partial charge on any atom is 0.0693 e. The van der Waals surface area contributed by atoms with Gasteiger partial charge < -0.3 is 5.32 Å². The number of aryl methyl sites for hydroxylation is 2. The maximum atomic E-state index is 4.56. The second kappa shape index (κ2) is 5.36. The van der Waals surface area contributed by atoms with Crippen molar-refractivity contribution in [2.45, 2.75) is 40.3 Å². The lowest BCUT2D eigenvalue weighted by atomic mass is 10.1. The summed E-state index contributed by atoms with van der Waals surface area (Å²) in [7, 11) is 0. The Morgan fingerprint density at radius 1 is 1.22 bits per heavy atom. The van der Waals surface area contributed by atoms with Crippen LogP contribution in [0.15, 0.2) is 30.3 Å². The summed E-state index contributed by atoms with van der Waals surface area (Å²) in [5, 5.41) is 8.01. The summed E-state index contributed by atoms with van der Waals surface area (Å²) >= 11 is 0. The minimum atomic E-state index is 0.485. The fourth-order valence-electron chi connectivity index (χ4n) is 2.05. The third-order valence-corrected chi connectivity index (χ3v) is 2.93. The molecule has 2 aromatic rings. The van der Waals surface area contributed by atoms with E-state index < -0.39 is 0 Å². The highest BCUT2D eigenvalue weighted by Crippen LogP contribution is 2.16. The molecule has 0 amide bonds. The lowest BCUT2D eigenvalue weighted by Gasteiger charge is -2.13. The van der Waals surface area contributed by atoms with Crippen LogP contribution < -0.4 is 5.32 Å². The van der Waals surface area contributed by atoms with Crippen molar-refractivity contribution in [3.8, 4) is 5.69 Å². The van der Waals surface area contributed by atoms with Crippen molar-refractivity contribution in [2.24, 2.45) is 0 Å². The van der Waals surface area contributed by atoms with Gasteiger partial charge in [0, 0.05) is 18.3 Å². The van der Waals surface area contributed by atoms with Crippen molar-refractivity contribution in [1.29, 1.82) is 0 Å². The molecule has 0 bridgehead atoms. The SMILES string of the molecule is Cc1cc(C)n(-c2ccccc2CNC(C)C)n1. The van der Waals surface area contributed by atoms with E-state index in [1.165, 1.54) is 11.3 Å². The molecule has 3 heteroatoms. The van der Waals surface area contributed by atoms with E-state index in [0.717, 1.165) is 17.9 Å². The zero-order valence-corrected chi connectivity index (χ0v) is 11.6. The van der Waals surface area contributed by atoms with E-state index in [4.69, 9.17) is 0 Å². The molecule has 0 radical (unpaired) electrons. The summed E-state index contributed by atoms with van der Waals surface area (Å²) in [5.41, 5.74) is 4.66. The number of hydrogen-bond acceptors (Lipinski definition) is 2. The fourth-order valence-corrected chi connectivity index (χ4v) is 2.05. The van der Waals surface area contributed by atoms with Crippen LogP contribution >= 0.6 is 0 Å². The molecule has 0 saturated carbocycles. The number of nitrogens with zero attached hydrogens (tertiary/aromatic N) is 2. The van der Waals surface area contributed by atoms with Gasteiger partial charge >= 0.3 is 0 Å². The van der Waals surface area contributed by atoms with Gasteiger partial charge in [-0.15, -0.1) is 0 Å². The number of aromatic nitrogens is 2. The summed E-state index contributed by atoms with van der Waals surface area (Å²) in [5.74, 6) is 0. The van der Waals surface area contributed by atoms with Gasteiger partial charge in [0.15, 0.2) is 0 Å². The zero-order chi connectivity index (χ0) is 13.1. The molecule has 0 aliphatic rings. The molecule has 0 fully saturated rings. The molecule has 2 rings (SSSR count). The molecular formula is C15H21N3. The predicted molar refractivity (Wildman–Crippen MR) is 75.0 cm³/mol. The molecular weight excluding hydrogens is 222 g/mol. The molecule has 0 spiro atoms. The summed E-state index contributed by atoms with van der Waals surface area (Å²) in [6.45, 7) is 9.30. The molecule has 1 N–H and O–H groups in total. The van der Waals surface area contributed by atoms with Crippen LogP contribution in [0, 0.1) is 13.8 Å². The van der Waals surface area contributed by atoms with Crippen LogP contribution in [0.1, 0.15) is 30.8 Å². The number of hydrogen-bond donors (Lipinski definition) is 1. The van der Waals surface area contributed by atoms with Gasteiger partial charge in [-0.2, -0.15) is 5.10 Å². The Balaban J connectivity index is 2.35. The first-order valence-corrected chi connectivity index (χ1v) is 6.43. The predicted octanol–water partition coefficient (Wildman–Crippen LogP) is 2.99. The number of para-hydroxylation sites is 1. The minimum Gasteiger partial charge on any atom is -0.310 e. The van der Waals surface area contributed by atoms with Gasteiger partial charge in [0.1, 0.15) is 0 Å². The van der Waals surface area contributed by atoms with Gasteiger partial charge in [-0.3, -0.25) is 0 Å². The highest BCUT2D eigenvalue weighted by atomic mass is 15.3. The highest BCUT2D eigenvalue weighted by Gasteiger charge is 2.08. The molecule has 0 aliphatic carbocycles. The Kier molecular flexibility index (Phi) is 3.82. The molecule has 1 aromatic carbocycles. The van der Waals surface area contributed by atoms with E-state index in [1.54, 1.807) is 0 Å². The standard InChI is InChI=1S/C15H21N3/c1-11(2)16-10-14-7-5-6-8-15(14)18-13(4)9-12(3)17-18/h5-9,11,16H,10H2,1-4H3. The number of benzene rings is 1. The first-order chi connectivity index (χ1) is 8.58. The van der Waals surface area contributed by atoms with E-state index in [2.05, 4.69) is 61.5 Å². The van der Waals surface area contributed by atoms with Crippen molar-refractivity contribution < 1.29 is 0 Å². The smallest absolute Gasteiger partial charge is 0.0693 e. The van der Waals surface area contributed by atoms with Gasteiger partial charge in [0.25, 0.3) is 0 Å². The highest BCUT2D eigenvalue weighted by molar-refractivity contribution is 5.41. The fraction of sp³-hybridized carbons (Fsp3) is 0.400. The monoisotopic (exact) mass is 243 g/mol. The van der Waals surface area contributed by atoms with E-state index in [1.807, 2.05) is 11.6 Å². The lowest BCUT2D eigenvalue weighted by molar-refractivity contribution is 0.586. The van der Waals surface area contributed by atoms with Crippen molar-refractivity contribution in [2.75, 3.05) is 0 Å². The summed E-state index contributed by atoms with van der Waals surface area (Å²) in [4.78, 5) is 0. The first kappa shape index (κ1) is 12.8. The third-order valence-electron chi connectivity index (χ3n) is 2.93. The quantitative estimate of drug-likeness (QED) is 0.894. The van der Waals surface area contributed by atoms with Crippen molar-refractivity contribution in [3.63, 3.8) is 0 Å². The van der Waals surface area contributed by atoms with Crippen LogP contribution in [-0.2, 0) is 6.54 Å². The van der Waals surface area contributed by atoms with Gasteiger partial charge in [0.05, 0.1) is 11.4 Å². The van der Waals surface area contributed by atoms with Gasteiger partial charge in [0.2, 0.25) is 0 Å². The summed E-state index contributed by atoms with van der Waals surface area (Å²) in [6, 6.07) is 11.0. The van der Waals surface area contributed by atoms with Crippen LogP contribution in [-0.4, -0.2) is 15.8 Å². The Morgan fingerprint density at radius 2 is 1.94 bits per heavy atom. The third kappa shape index (κ3) is 2.79. The second-order valence-corrected chi connectivity index (χ2v) is 5.00. The lowest BCUT2D eigenvalue weighted by Crippen LogP contribution is -2.22. The van der Waals surface area contributed by atoms with Crippen LogP contribution in [0.5, 0.6) is 0 Å². The number of nitrogens with one attached hydrogen (secondary N) is 1. The van der Waals surface area contributed by atoms with Crippen molar-refractivity contribution in [1.82, 2.24) is 15.1 Å². The minimum absolute atomic E-state index is 0.485. The average Bonchev–Trinajstić information content (AvgIpc) is 2.66. The Labute approximate surface area is 109 Å². The normalized spacial score (nSPS) is 11.2.